The first-order valence-electron chi connectivity index (χ1n) is 8.37. The van der Waals surface area contributed by atoms with Gasteiger partial charge in [0.05, 0.1) is 5.56 Å². The number of alkyl halides is 3. The minimum Gasteiger partial charge on any atom is -0.385 e. The van der Waals surface area contributed by atoms with Crippen LogP contribution in [0.5, 0.6) is 0 Å². The van der Waals surface area contributed by atoms with E-state index in [4.69, 9.17) is 0 Å². The normalized spacial score (nSPS) is 11.7. The van der Waals surface area contributed by atoms with Gasteiger partial charge < -0.3 is 5.32 Å². The van der Waals surface area contributed by atoms with Crippen molar-refractivity contribution in [2.75, 3.05) is 11.9 Å². The van der Waals surface area contributed by atoms with Crippen LogP contribution in [0.3, 0.4) is 0 Å². The van der Waals surface area contributed by atoms with Gasteiger partial charge in [-0.25, -0.2) is 0 Å². The predicted molar refractivity (Wildman–Crippen MR) is 87.3 cm³/mol. The van der Waals surface area contributed by atoms with E-state index in [1.165, 1.54) is 57.6 Å². The summed E-state index contributed by atoms with van der Waals surface area (Å²) in [4.78, 5) is 0. The molecule has 0 spiro atoms. The van der Waals surface area contributed by atoms with Crippen molar-refractivity contribution in [3.63, 3.8) is 0 Å². The van der Waals surface area contributed by atoms with Gasteiger partial charge in [-0.05, 0) is 31.0 Å². The summed E-state index contributed by atoms with van der Waals surface area (Å²) in [6.07, 6.45) is 5.54. The summed E-state index contributed by atoms with van der Waals surface area (Å²) in [5, 5.41) is 3.10. The lowest BCUT2D eigenvalue weighted by atomic mass is 10.1. The van der Waals surface area contributed by atoms with Gasteiger partial charge in [0.25, 0.3) is 0 Å². The van der Waals surface area contributed by atoms with E-state index < -0.39 is 11.7 Å². The SMILES string of the molecule is CCCCCCCCCCNc1ccc(C)c(C(F)(F)F)c1. The molecular formula is C18H28F3N. The van der Waals surface area contributed by atoms with Crippen molar-refractivity contribution < 1.29 is 13.2 Å². The van der Waals surface area contributed by atoms with Gasteiger partial charge in [-0.2, -0.15) is 13.2 Å². The maximum atomic E-state index is 12.8. The van der Waals surface area contributed by atoms with E-state index in [0.717, 1.165) is 19.4 Å². The lowest BCUT2D eigenvalue weighted by molar-refractivity contribution is -0.138. The molecule has 4 heteroatoms. The number of nitrogens with one attached hydrogen (secondary N) is 1. The number of hydrogen-bond donors (Lipinski definition) is 1. The number of hydrogen-bond acceptors (Lipinski definition) is 1. The highest BCUT2D eigenvalue weighted by molar-refractivity contribution is 5.49. The highest BCUT2D eigenvalue weighted by Crippen LogP contribution is 2.33. The molecule has 0 bridgehead atoms. The Balaban J connectivity index is 2.23. The smallest absolute Gasteiger partial charge is 0.385 e. The van der Waals surface area contributed by atoms with E-state index in [1.807, 2.05) is 0 Å². The zero-order valence-corrected chi connectivity index (χ0v) is 13.7. The molecule has 1 aromatic rings. The number of unbranched alkanes of at least 4 members (excludes halogenated alkanes) is 7. The maximum absolute atomic E-state index is 12.8. The average Bonchev–Trinajstić information content (AvgIpc) is 2.46. The van der Waals surface area contributed by atoms with E-state index in [1.54, 1.807) is 6.07 Å². The first-order chi connectivity index (χ1) is 10.4. The molecule has 22 heavy (non-hydrogen) atoms. The summed E-state index contributed by atoms with van der Waals surface area (Å²) < 4.78 is 38.5. The van der Waals surface area contributed by atoms with Crippen molar-refractivity contribution in [3.05, 3.63) is 29.3 Å². The number of rotatable bonds is 10. The molecule has 126 valence electrons. The van der Waals surface area contributed by atoms with E-state index in [-0.39, 0.29) is 5.56 Å². The Morgan fingerprint density at radius 3 is 2.09 bits per heavy atom. The van der Waals surface area contributed by atoms with Crippen molar-refractivity contribution >= 4 is 5.69 Å². The molecule has 0 aromatic heterocycles. The van der Waals surface area contributed by atoms with Gasteiger partial charge in [-0.15, -0.1) is 0 Å². The van der Waals surface area contributed by atoms with E-state index in [0.29, 0.717) is 5.69 Å². The van der Waals surface area contributed by atoms with Gasteiger partial charge in [-0.3, -0.25) is 0 Å². The molecule has 0 fully saturated rings. The zero-order valence-electron chi connectivity index (χ0n) is 13.7. The highest BCUT2D eigenvalue weighted by Gasteiger charge is 2.32. The largest absolute Gasteiger partial charge is 0.416 e. The van der Waals surface area contributed by atoms with E-state index in [2.05, 4.69) is 12.2 Å². The number of anilines is 1. The zero-order chi connectivity index (χ0) is 16.4. The summed E-state index contributed by atoms with van der Waals surface area (Å²) in [5.74, 6) is 0. The van der Waals surface area contributed by atoms with Gasteiger partial charge in [0, 0.05) is 12.2 Å². The maximum Gasteiger partial charge on any atom is 0.416 e. The molecule has 0 aliphatic carbocycles. The molecule has 0 atom stereocenters. The fraction of sp³-hybridized carbons (Fsp3) is 0.667. The van der Waals surface area contributed by atoms with Crippen molar-refractivity contribution in [3.8, 4) is 0 Å². The quantitative estimate of drug-likeness (QED) is 0.482. The topological polar surface area (TPSA) is 12.0 Å². The Bertz CT molecular complexity index is 427. The van der Waals surface area contributed by atoms with Crippen molar-refractivity contribution in [1.82, 2.24) is 0 Å². The molecule has 0 saturated carbocycles. The second kappa shape index (κ2) is 9.75. The summed E-state index contributed by atoms with van der Waals surface area (Å²) >= 11 is 0. The number of aryl methyl sites for hydroxylation is 1. The van der Waals surface area contributed by atoms with Crippen molar-refractivity contribution in [2.45, 2.75) is 71.4 Å². The van der Waals surface area contributed by atoms with E-state index in [9.17, 15) is 13.2 Å². The minimum absolute atomic E-state index is 0.269. The fourth-order valence-corrected chi connectivity index (χ4v) is 2.53. The van der Waals surface area contributed by atoms with Gasteiger partial charge in [0.15, 0.2) is 0 Å². The molecule has 1 rings (SSSR count). The molecule has 1 aromatic carbocycles. The standard InChI is InChI=1S/C18H28F3N/c1-3-4-5-6-7-8-9-10-13-22-16-12-11-15(2)17(14-16)18(19,20)21/h11-12,14,22H,3-10,13H2,1-2H3. The van der Waals surface area contributed by atoms with Crippen LogP contribution in [-0.4, -0.2) is 6.54 Å². The van der Waals surface area contributed by atoms with Crippen molar-refractivity contribution in [1.29, 1.82) is 0 Å². The van der Waals surface area contributed by atoms with Gasteiger partial charge in [-0.1, -0.05) is 57.9 Å². The Labute approximate surface area is 132 Å². The van der Waals surface area contributed by atoms with Crippen LogP contribution < -0.4 is 5.32 Å². The van der Waals surface area contributed by atoms with Crippen LogP contribution in [0.1, 0.15) is 69.4 Å². The van der Waals surface area contributed by atoms with Gasteiger partial charge >= 0.3 is 6.18 Å². The van der Waals surface area contributed by atoms with Crippen LogP contribution in [-0.2, 0) is 6.18 Å². The third-order valence-electron chi connectivity index (χ3n) is 3.90. The summed E-state index contributed by atoms with van der Waals surface area (Å²) in [5.41, 5.74) is 0.277. The third-order valence-corrected chi connectivity index (χ3v) is 3.90. The van der Waals surface area contributed by atoms with Gasteiger partial charge in [0.1, 0.15) is 0 Å². The highest BCUT2D eigenvalue weighted by atomic mass is 19.4. The van der Waals surface area contributed by atoms with Crippen LogP contribution in [0.4, 0.5) is 18.9 Å². The molecule has 0 heterocycles. The Morgan fingerprint density at radius 2 is 1.50 bits per heavy atom. The first-order valence-corrected chi connectivity index (χ1v) is 8.37. The molecule has 0 aliphatic rings. The predicted octanol–water partition coefficient (Wildman–Crippen LogP) is 6.57. The Kier molecular flexibility index (Phi) is 8.36. The lowest BCUT2D eigenvalue weighted by Gasteiger charge is -2.13. The van der Waals surface area contributed by atoms with Crippen LogP contribution in [0.2, 0.25) is 0 Å². The molecule has 1 nitrogen and oxygen atoms in total. The molecule has 0 radical (unpaired) electrons. The molecule has 0 aliphatic heterocycles. The summed E-state index contributed by atoms with van der Waals surface area (Å²) in [6.45, 7) is 4.43. The van der Waals surface area contributed by atoms with Crippen LogP contribution in [0.15, 0.2) is 18.2 Å². The number of halogens is 3. The van der Waals surface area contributed by atoms with Crippen LogP contribution in [0, 0.1) is 6.92 Å². The third kappa shape index (κ3) is 7.19. The first kappa shape index (κ1) is 18.9. The van der Waals surface area contributed by atoms with Crippen molar-refractivity contribution in [2.24, 2.45) is 0 Å². The number of benzene rings is 1. The molecule has 0 unspecified atom stereocenters. The van der Waals surface area contributed by atoms with Crippen LogP contribution in [0.25, 0.3) is 0 Å². The molecular weight excluding hydrogens is 287 g/mol. The van der Waals surface area contributed by atoms with Crippen LogP contribution >= 0.6 is 0 Å². The van der Waals surface area contributed by atoms with Gasteiger partial charge in [0.2, 0.25) is 0 Å². The van der Waals surface area contributed by atoms with E-state index >= 15 is 0 Å². The fourth-order valence-electron chi connectivity index (χ4n) is 2.53. The minimum atomic E-state index is -4.28. The monoisotopic (exact) mass is 315 g/mol. The Morgan fingerprint density at radius 1 is 0.909 bits per heavy atom. The average molecular weight is 315 g/mol. The molecule has 1 N–H and O–H groups in total. The molecule has 0 amide bonds. The second-order valence-corrected chi connectivity index (χ2v) is 5.93. The summed E-state index contributed by atoms with van der Waals surface area (Å²) in [7, 11) is 0. The molecule has 0 saturated heterocycles. The lowest BCUT2D eigenvalue weighted by Crippen LogP contribution is -2.09. The second-order valence-electron chi connectivity index (χ2n) is 5.93. The Hall–Kier alpha value is -1.19. The summed E-state index contributed by atoms with van der Waals surface area (Å²) in [6, 6.07) is 4.45.